The van der Waals surface area contributed by atoms with E-state index in [-0.39, 0.29) is 5.91 Å². The van der Waals surface area contributed by atoms with Gasteiger partial charge < -0.3 is 11.1 Å². The number of fused-ring (bicyclic) bond motifs is 1. The SMILES string of the molecule is CCCC(=O)Nc1n[nH]c2c(N)c(Br)ccc12. The van der Waals surface area contributed by atoms with Crippen LogP contribution in [0.3, 0.4) is 0 Å². The zero-order valence-corrected chi connectivity index (χ0v) is 11.0. The Kier molecular flexibility index (Phi) is 3.33. The highest BCUT2D eigenvalue weighted by Crippen LogP contribution is 2.30. The second-order valence-corrected chi connectivity index (χ2v) is 4.61. The van der Waals surface area contributed by atoms with E-state index in [1.165, 1.54) is 0 Å². The molecule has 5 nitrogen and oxygen atoms in total. The van der Waals surface area contributed by atoms with Crippen molar-refractivity contribution in [1.82, 2.24) is 10.2 Å². The predicted molar refractivity (Wildman–Crippen MR) is 71.7 cm³/mol. The van der Waals surface area contributed by atoms with Crippen LogP contribution in [0.1, 0.15) is 19.8 Å². The number of nitrogens with one attached hydrogen (secondary N) is 2. The predicted octanol–water partition coefficient (Wildman–Crippen LogP) is 2.65. The first kappa shape index (κ1) is 11.9. The molecule has 0 unspecified atom stereocenters. The number of hydrogen-bond donors (Lipinski definition) is 3. The summed E-state index contributed by atoms with van der Waals surface area (Å²) in [5.41, 5.74) is 7.21. The molecule has 0 radical (unpaired) electrons. The van der Waals surface area contributed by atoms with Crippen LogP contribution >= 0.6 is 15.9 Å². The molecule has 0 fully saturated rings. The van der Waals surface area contributed by atoms with Crippen molar-refractivity contribution >= 4 is 44.2 Å². The summed E-state index contributed by atoms with van der Waals surface area (Å²) in [6.45, 7) is 1.96. The summed E-state index contributed by atoms with van der Waals surface area (Å²) in [4.78, 5) is 11.5. The minimum Gasteiger partial charge on any atom is -0.396 e. The molecule has 0 atom stereocenters. The van der Waals surface area contributed by atoms with E-state index in [1.807, 2.05) is 19.1 Å². The molecule has 1 heterocycles. The molecule has 0 bridgehead atoms. The van der Waals surface area contributed by atoms with E-state index >= 15 is 0 Å². The molecule has 1 aromatic heterocycles. The van der Waals surface area contributed by atoms with E-state index in [0.717, 1.165) is 21.8 Å². The Labute approximate surface area is 107 Å². The lowest BCUT2D eigenvalue weighted by atomic mass is 10.2. The number of anilines is 2. The number of benzene rings is 1. The van der Waals surface area contributed by atoms with Gasteiger partial charge in [0.15, 0.2) is 5.82 Å². The minimum atomic E-state index is -0.0395. The Bertz CT molecular complexity index is 564. The van der Waals surface area contributed by atoms with Gasteiger partial charge >= 0.3 is 0 Å². The zero-order chi connectivity index (χ0) is 12.4. The van der Waals surface area contributed by atoms with Crippen LogP contribution < -0.4 is 11.1 Å². The Morgan fingerprint density at radius 1 is 1.59 bits per heavy atom. The van der Waals surface area contributed by atoms with Crippen LogP contribution in [0.5, 0.6) is 0 Å². The van der Waals surface area contributed by atoms with Crippen molar-refractivity contribution in [2.24, 2.45) is 0 Å². The molecule has 0 spiro atoms. The quantitative estimate of drug-likeness (QED) is 0.761. The number of nitrogens with zero attached hydrogens (tertiary/aromatic N) is 1. The Hall–Kier alpha value is -1.56. The first-order valence-electron chi connectivity index (χ1n) is 5.35. The monoisotopic (exact) mass is 296 g/mol. The summed E-state index contributed by atoms with van der Waals surface area (Å²) >= 11 is 3.34. The third-order valence-electron chi connectivity index (χ3n) is 2.46. The largest absolute Gasteiger partial charge is 0.396 e. The Morgan fingerprint density at radius 3 is 3.06 bits per heavy atom. The molecular weight excluding hydrogens is 284 g/mol. The molecule has 0 aliphatic heterocycles. The van der Waals surface area contributed by atoms with Gasteiger partial charge in [-0.25, -0.2) is 0 Å². The average molecular weight is 297 g/mol. The van der Waals surface area contributed by atoms with Crippen molar-refractivity contribution in [3.05, 3.63) is 16.6 Å². The van der Waals surface area contributed by atoms with Crippen molar-refractivity contribution < 1.29 is 4.79 Å². The van der Waals surface area contributed by atoms with E-state index in [4.69, 9.17) is 5.73 Å². The maximum absolute atomic E-state index is 11.5. The van der Waals surface area contributed by atoms with Gasteiger partial charge in [-0.3, -0.25) is 9.89 Å². The molecule has 1 aromatic carbocycles. The number of carbonyl (C=O) groups excluding carboxylic acids is 1. The first-order valence-corrected chi connectivity index (χ1v) is 6.14. The summed E-state index contributed by atoms with van der Waals surface area (Å²) < 4.78 is 0.806. The van der Waals surface area contributed by atoms with Gasteiger partial charge in [-0.15, -0.1) is 0 Å². The summed E-state index contributed by atoms with van der Waals surface area (Å²) in [6.07, 6.45) is 1.29. The Balaban J connectivity index is 2.37. The molecule has 90 valence electrons. The molecule has 4 N–H and O–H groups in total. The highest BCUT2D eigenvalue weighted by Gasteiger charge is 2.11. The van der Waals surface area contributed by atoms with Crippen LogP contribution in [0.2, 0.25) is 0 Å². The van der Waals surface area contributed by atoms with E-state index in [2.05, 4.69) is 31.4 Å². The molecular formula is C11H13BrN4O. The van der Waals surface area contributed by atoms with Crippen molar-refractivity contribution in [3.63, 3.8) is 0 Å². The second-order valence-electron chi connectivity index (χ2n) is 3.75. The van der Waals surface area contributed by atoms with Gasteiger partial charge in [-0.1, -0.05) is 6.92 Å². The fourth-order valence-corrected chi connectivity index (χ4v) is 1.93. The number of H-pyrrole nitrogens is 1. The molecule has 17 heavy (non-hydrogen) atoms. The van der Waals surface area contributed by atoms with Crippen LogP contribution in [-0.2, 0) is 4.79 Å². The van der Waals surface area contributed by atoms with Crippen LogP contribution in [0.25, 0.3) is 10.9 Å². The van der Waals surface area contributed by atoms with Gasteiger partial charge in [-0.2, -0.15) is 5.10 Å². The lowest BCUT2D eigenvalue weighted by Crippen LogP contribution is -2.11. The van der Waals surface area contributed by atoms with Crippen molar-refractivity contribution in [2.45, 2.75) is 19.8 Å². The number of halogens is 1. The van der Waals surface area contributed by atoms with Crippen LogP contribution in [0.15, 0.2) is 16.6 Å². The van der Waals surface area contributed by atoms with Crippen molar-refractivity contribution in [3.8, 4) is 0 Å². The van der Waals surface area contributed by atoms with Crippen molar-refractivity contribution in [2.75, 3.05) is 11.1 Å². The number of carbonyl (C=O) groups is 1. The maximum Gasteiger partial charge on any atom is 0.225 e. The van der Waals surface area contributed by atoms with Crippen LogP contribution in [-0.4, -0.2) is 16.1 Å². The minimum absolute atomic E-state index is 0.0395. The molecule has 0 aliphatic rings. The molecule has 0 saturated heterocycles. The van der Waals surface area contributed by atoms with Crippen LogP contribution in [0, 0.1) is 0 Å². The van der Waals surface area contributed by atoms with Gasteiger partial charge in [0.2, 0.25) is 5.91 Å². The fourth-order valence-electron chi connectivity index (χ4n) is 1.60. The van der Waals surface area contributed by atoms with Gasteiger partial charge in [0, 0.05) is 16.3 Å². The second kappa shape index (κ2) is 4.75. The maximum atomic E-state index is 11.5. The van der Waals surface area contributed by atoms with Crippen LogP contribution in [0.4, 0.5) is 11.5 Å². The van der Waals surface area contributed by atoms with E-state index in [9.17, 15) is 4.79 Å². The number of aromatic nitrogens is 2. The molecule has 0 aliphatic carbocycles. The fraction of sp³-hybridized carbons (Fsp3) is 0.273. The molecule has 2 rings (SSSR count). The lowest BCUT2D eigenvalue weighted by molar-refractivity contribution is -0.116. The normalized spacial score (nSPS) is 10.7. The Morgan fingerprint density at radius 2 is 2.35 bits per heavy atom. The summed E-state index contributed by atoms with van der Waals surface area (Å²) in [5, 5.41) is 10.5. The average Bonchev–Trinajstić information content (AvgIpc) is 2.68. The number of rotatable bonds is 3. The van der Waals surface area contributed by atoms with Gasteiger partial charge in [0.1, 0.15) is 0 Å². The lowest BCUT2D eigenvalue weighted by Gasteiger charge is -2.02. The first-order chi connectivity index (χ1) is 8.13. The molecule has 2 aromatic rings. The number of aromatic amines is 1. The molecule has 0 saturated carbocycles. The third-order valence-corrected chi connectivity index (χ3v) is 3.15. The number of amides is 1. The van der Waals surface area contributed by atoms with Gasteiger partial charge in [0.05, 0.1) is 11.2 Å². The number of nitrogen functional groups attached to an aromatic ring is 1. The highest BCUT2D eigenvalue weighted by atomic mass is 79.9. The van der Waals surface area contributed by atoms with Gasteiger partial charge in [-0.05, 0) is 34.5 Å². The summed E-state index contributed by atoms with van der Waals surface area (Å²) in [5.74, 6) is 0.486. The topological polar surface area (TPSA) is 83.8 Å². The van der Waals surface area contributed by atoms with E-state index in [1.54, 1.807) is 0 Å². The highest BCUT2D eigenvalue weighted by molar-refractivity contribution is 9.10. The van der Waals surface area contributed by atoms with E-state index < -0.39 is 0 Å². The molecule has 1 amide bonds. The van der Waals surface area contributed by atoms with Gasteiger partial charge in [0.25, 0.3) is 0 Å². The number of hydrogen-bond acceptors (Lipinski definition) is 3. The van der Waals surface area contributed by atoms with E-state index in [0.29, 0.717) is 17.9 Å². The summed E-state index contributed by atoms with van der Waals surface area (Å²) in [6, 6.07) is 3.70. The summed E-state index contributed by atoms with van der Waals surface area (Å²) in [7, 11) is 0. The smallest absolute Gasteiger partial charge is 0.225 e. The number of nitrogens with two attached hydrogens (primary N) is 1. The third kappa shape index (κ3) is 2.26. The standard InChI is InChI=1S/C11H13BrN4O/c1-2-3-8(17)14-11-6-4-5-7(12)9(13)10(6)15-16-11/h4-5H,2-3,13H2,1H3,(H2,14,15,16,17). The molecule has 6 heteroatoms. The van der Waals surface area contributed by atoms with Crippen molar-refractivity contribution in [1.29, 1.82) is 0 Å². The zero-order valence-electron chi connectivity index (χ0n) is 9.38.